The van der Waals surface area contributed by atoms with E-state index in [2.05, 4.69) is 6.07 Å². The number of rotatable bonds is 4. The molecule has 0 spiro atoms. The molecule has 1 aliphatic rings. The summed E-state index contributed by atoms with van der Waals surface area (Å²) in [6, 6.07) is 17.9. The van der Waals surface area contributed by atoms with E-state index < -0.39 is 38.8 Å². The zero-order chi connectivity index (χ0) is 20.3. The molecule has 0 bridgehead atoms. The lowest BCUT2D eigenvalue weighted by atomic mass is 9.89. The molecule has 1 aliphatic heterocycles. The third kappa shape index (κ3) is 3.03. The maximum absolute atomic E-state index is 11.3. The minimum Gasteiger partial charge on any atom is -0.394 e. The summed E-state index contributed by atoms with van der Waals surface area (Å²) in [6.07, 6.45) is -4.64. The summed E-state index contributed by atoms with van der Waals surface area (Å²) in [4.78, 5) is 18.3. The predicted octanol–water partition coefficient (Wildman–Crippen LogP) is 2.86. The lowest BCUT2D eigenvalue weighted by Crippen LogP contribution is -2.34. The summed E-state index contributed by atoms with van der Waals surface area (Å²) in [5.41, 5.74) is 0.679. The van der Waals surface area contributed by atoms with E-state index in [0.717, 1.165) is 32.3 Å². The number of aliphatic hydroxyl groups is 2. The van der Waals surface area contributed by atoms with E-state index in [9.17, 15) is 14.8 Å². The molecule has 0 radical (unpaired) electrons. The molecule has 0 amide bonds. The molecule has 29 heavy (non-hydrogen) atoms. The topological polar surface area (TPSA) is 116 Å². The van der Waals surface area contributed by atoms with E-state index in [-0.39, 0.29) is 0 Å². The number of aliphatic hydroxyl groups excluding tert-OH is 2. The Hall–Kier alpha value is -2.09. The van der Waals surface area contributed by atoms with Crippen LogP contribution >= 0.6 is 7.82 Å². The van der Waals surface area contributed by atoms with Crippen molar-refractivity contribution in [3.8, 4) is 0 Å². The number of hydrogen-bond donors (Lipinski definition) is 4. The van der Waals surface area contributed by atoms with Gasteiger partial charge in [0.15, 0.2) is 0 Å². The summed E-state index contributed by atoms with van der Waals surface area (Å²) >= 11 is 0. The molecule has 7 nitrogen and oxygen atoms in total. The van der Waals surface area contributed by atoms with Gasteiger partial charge in [-0.3, -0.25) is 4.52 Å². The Labute approximate surface area is 165 Å². The van der Waals surface area contributed by atoms with Crippen LogP contribution in [0.25, 0.3) is 32.3 Å². The van der Waals surface area contributed by atoms with Crippen molar-refractivity contribution in [2.24, 2.45) is 0 Å². The molecule has 0 aromatic heterocycles. The summed E-state index contributed by atoms with van der Waals surface area (Å²) in [5, 5.41) is 26.6. The minimum absolute atomic E-state index is 0.538. The zero-order valence-electron chi connectivity index (χ0n) is 15.2. The van der Waals surface area contributed by atoms with Gasteiger partial charge in [0.05, 0.1) is 6.61 Å². The lowest BCUT2D eigenvalue weighted by molar-refractivity contribution is -0.0220. The van der Waals surface area contributed by atoms with Crippen molar-refractivity contribution < 1.29 is 33.8 Å². The molecule has 1 saturated heterocycles. The van der Waals surface area contributed by atoms with Crippen LogP contribution in [0.3, 0.4) is 0 Å². The van der Waals surface area contributed by atoms with Gasteiger partial charge in [-0.1, -0.05) is 54.6 Å². The van der Waals surface area contributed by atoms with Crippen LogP contribution < -0.4 is 0 Å². The minimum atomic E-state index is -4.87. The fourth-order valence-corrected chi connectivity index (χ4v) is 5.01. The highest BCUT2D eigenvalue weighted by molar-refractivity contribution is 7.46. The summed E-state index contributed by atoms with van der Waals surface area (Å²) in [6.45, 7) is -0.538. The first-order valence-corrected chi connectivity index (χ1v) is 10.7. The van der Waals surface area contributed by atoms with Gasteiger partial charge in [-0.15, -0.1) is 0 Å². The monoisotopic (exact) mass is 414 g/mol. The molecule has 5 rings (SSSR count). The average molecular weight is 414 g/mol. The molecule has 1 fully saturated rings. The molecule has 4 aromatic rings. The third-order valence-electron chi connectivity index (χ3n) is 5.64. The van der Waals surface area contributed by atoms with Crippen molar-refractivity contribution in [3.63, 3.8) is 0 Å². The maximum atomic E-state index is 11.3. The zero-order valence-corrected chi connectivity index (χ0v) is 16.1. The van der Waals surface area contributed by atoms with Gasteiger partial charge in [0.2, 0.25) is 0 Å². The largest absolute Gasteiger partial charge is 0.470 e. The Morgan fingerprint density at radius 1 is 0.931 bits per heavy atom. The van der Waals surface area contributed by atoms with Gasteiger partial charge in [0, 0.05) is 0 Å². The van der Waals surface area contributed by atoms with Crippen LogP contribution in [0.1, 0.15) is 11.7 Å². The standard InChI is InChI=1S/C21H19O7P/c22-10-16-21(28-29(24,25)26)19(23)20(27-16)15-9-7-13-5-4-11-2-1-3-12-6-8-14(15)18(13)17(11)12/h1-9,16,19-23H,10H2,(H2,24,25,26)/t16-,19+,20+,21-/m1/s1. The molecule has 0 saturated carbocycles. The van der Waals surface area contributed by atoms with E-state index in [1.807, 2.05) is 48.5 Å². The van der Waals surface area contributed by atoms with Gasteiger partial charge < -0.3 is 24.7 Å². The van der Waals surface area contributed by atoms with E-state index in [0.29, 0.717) is 5.56 Å². The van der Waals surface area contributed by atoms with Crippen molar-refractivity contribution >= 4 is 40.1 Å². The molecule has 0 unspecified atom stereocenters. The van der Waals surface area contributed by atoms with Crippen LogP contribution in [0.5, 0.6) is 0 Å². The first kappa shape index (κ1) is 18.9. The van der Waals surface area contributed by atoms with Crippen LogP contribution in [0.2, 0.25) is 0 Å². The normalized spacial score (nSPS) is 25.5. The first-order chi connectivity index (χ1) is 13.9. The summed E-state index contributed by atoms with van der Waals surface area (Å²) in [7, 11) is -4.87. The van der Waals surface area contributed by atoms with Gasteiger partial charge in [0.25, 0.3) is 0 Å². The van der Waals surface area contributed by atoms with Crippen molar-refractivity contribution in [2.75, 3.05) is 6.61 Å². The van der Waals surface area contributed by atoms with Gasteiger partial charge in [-0.05, 0) is 37.9 Å². The highest BCUT2D eigenvalue weighted by Gasteiger charge is 2.48. The Balaban J connectivity index is 1.68. The molecule has 4 N–H and O–H groups in total. The lowest BCUT2D eigenvalue weighted by Gasteiger charge is -2.21. The maximum Gasteiger partial charge on any atom is 0.470 e. The Morgan fingerprint density at radius 2 is 1.55 bits per heavy atom. The van der Waals surface area contributed by atoms with E-state index in [1.165, 1.54) is 0 Å². The first-order valence-electron chi connectivity index (χ1n) is 9.22. The van der Waals surface area contributed by atoms with Crippen LogP contribution in [0.4, 0.5) is 0 Å². The number of benzene rings is 4. The summed E-state index contributed by atoms with van der Waals surface area (Å²) < 4.78 is 21.8. The van der Waals surface area contributed by atoms with Gasteiger partial charge in [-0.25, -0.2) is 4.57 Å². The molecular weight excluding hydrogens is 395 g/mol. The molecule has 0 aliphatic carbocycles. The number of ether oxygens (including phenoxy) is 1. The molecular formula is C21H19O7P. The van der Waals surface area contributed by atoms with Crippen molar-refractivity contribution in [2.45, 2.75) is 24.4 Å². The van der Waals surface area contributed by atoms with Crippen LogP contribution in [0.15, 0.2) is 54.6 Å². The molecule has 1 heterocycles. The van der Waals surface area contributed by atoms with Gasteiger partial charge >= 0.3 is 7.82 Å². The molecule has 150 valence electrons. The Morgan fingerprint density at radius 3 is 2.21 bits per heavy atom. The summed E-state index contributed by atoms with van der Waals surface area (Å²) in [5.74, 6) is 0. The molecule has 8 heteroatoms. The Bertz CT molecular complexity index is 1230. The predicted molar refractivity (Wildman–Crippen MR) is 108 cm³/mol. The second-order valence-electron chi connectivity index (χ2n) is 7.34. The fraction of sp³-hybridized carbons (Fsp3) is 0.238. The van der Waals surface area contributed by atoms with Gasteiger partial charge in [-0.2, -0.15) is 0 Å². The molecule has 4 aromatic carbocycles. The van der Waals surface area contributed by atoms with Crippen molar-refractivity contribution in [1.29, 1.82) is 0 Å². The Kier molecular flexibility index (Phi) is 4.38. The number of phosphoric ester groups is 1. The second-order valence-corrected chi connectivity index (χ2v) is 8.53. The van der Waals surface area contributed by atoms with Gasteiger partial charge in [0.1, 0.15) is 24.4 Å². The van der Waals surface area contributed by atoms with E-state index in [4.69, 9.17) is 19.0 Å². The van der Waals surface area contributed by atoms with E-state index >= 15 is 0 Å². The average Bonchev–Trinajstić information content (AvgIpc) is 3.00. The van der Waals surface area contributed by atoms with Crippen LogP contribution in [-0.2, 0) is 13.8 Å². The number of hydrogen-bond acceptors (Lipinski definition) is 5. The number of phosphoric acid groups is 1. The quantitative estimate of drug-likeness (QED) is 0.300. The fourth-order valence-electron chi connectivity index (χ4n) is 4.44. The van der Waals surface area contributed by atoms with Crippen molar-refractivity contribution in [1.82, 2.24) is 0 Å². The third-order valence-corrected chi connectivity index (χ3v) is 6.16. The molecule has 4 atom stereocenters. The van der Waals surface area contributed by atoms with Crippen LogP contribution in [-0.4, -0.2) is 44.9 Å². The van der Waals surface area contributed by atoms with E-state index in [1.54, 1.807) is 0 Å². The highest BCUT2D eigenvalue weighted by Crippen LogP contribution is 2.47. The second kappa shape index (κ2) is 6.72. The van der Waals surface area contributed by atoms with Crippen LogP contribution in [0, 0.1) is 0 Å². The smallest absolute Gasteiger partial charge is 0.394 e. The highest BCUT2D eigenvalue weighted by atomic mass is 31.2. The SMILES string of the molecule is O=P(O)(O)O[C@H]1[C@@H](O)[C@H](c2ccc3ccc4cccc5ccc2c3c45)O[C@@H]1CO. The van der Waals surface area contributed by atoms with Crippen molar-refractivity contribution in [3.05, 3.63) is 60.2 Å².